The molecular formula is C19H34IN3O3. The number of hydrogen-bond acceptors (Lipinski definition) is 4. The van der Waals surface area contributed by atoms with E-state index in [0.717, 1.165) is 12.2 Å². The molecule has 7 heteroatoms. The second-order valence-corrected chi connectivity index (χ2v) is 6.73. The van der Waals surface area contributed by atoms with E-state index in [-0.39, 0.29) is 35.5 Å². The maximum atomic E-state index is 5.63. The van der Waals surface area contributed by atoms with Crippen LogP contribution in [0.25, 0.3) is 0 Å². The van der Waals surface area contributed by atoms with Gasteiger partial charge >= 0.3 is 0 Å². The van der Waals surface area contributed by atoms with E-state index < -0.39 is 0 Å². The van der Waals surface area contributed by atoms with Gasteiger partial charge in [-0.05, 0) is 31.4 Å². The number of halogens is 1. The molecule has 0 aromatic heterocycles. The predicted octanol–water partition coefficient (Wildman–Crippen LogP) is 4.15. The van der Waals surface area contributed by atoms with Gasteiger partial charge in [0.2, 0.25) is 0 Å². The predicted molar refractivity (Wildman–Crippen MR) is 119 cm³/mol. The molecule has 0 aliphatic rings. The van der Waals surface area contributed by atoms with Crippen LogP contribution >= 0.6 is 24.0 Å². The fourth-order valence-electron chi connectivity index (χ4n) is 2.34. The lowest BCUT2D eigenvalue weighted by molar-refractivity contribution is 0.0241. The van der Waals surface area contributed by atoms with Crippen LogP contribution in [0.2, 0.25) is 0 Å². The average Bonchev–Trinajstić information content (AvgIpc) is 2.55. The number of nitrogens with zero attached hydrogens (tertiary/aromatic N) is 1. The first-order valence-corrected chi connectivity index (χ1v) is 8.74. The molecule has 1 aromatic rings. The number of hydrogen-bond donors (Lipinski definition) is 2. The highest BCUT2D eigenvalue weighted by atomic mass is 127. The molecular weight excluding hydrogens is 445 g/mol. The van der Waals surface area contributed by atoms with Crippen molar-refractivity contribution in [2.75, 3.05) is 39.2 Å². The van der Waals surface area contributed by atoms with Crippen molar-refractivity contribution in [2.24, 2.45) is 10.4 Å². The summed E-state index contributed by atoms with van der Waals surface area (Å²) in [5.74, 6) is 2.12. The van der Waals surface area contributed by atoms with Gasteiger partial charge in [0.1, 0.15) is 0 Å². The van der Waals surface area contributed by atoms with E-state index in [1.165, 1.54) is 0 Å². The largest absolute Gasteiger partial charge is 0.493 e. The molecule has 6 nitrogen and oxygen atoms in total. The molecule has 0 saturated heterocycles. The van der Waals surface area contributed by atoms with Gasteiger partial charge in [-0.2, -0.15) is 0 Å². The van der Waals surface area contributed by atoms with Crippen molar-refractivity contribution in [3.8, 4) is 11.5 Å². The summed E-state index contributed by atoms with van der Waals surface area (Å²) in [5.41, 5.74) is 0.909. The van der Waals surface area contributed by atoms with Crippen molar-refractivity contribution in [2.45, 2.75) is 40.7 Å². The van der Waals surface area contributed by atoms with E-state index in [1.807, 2.05) is 32.0 Å². The SMILES string of the molecule is CCNC(=NCC(OC)C(C)(C)C)Nc1ccc(OC)c(OCC)c1.I. The highest BCUT2D eigenvalue weighted by molar-refractivity contribution is 14.0. The standard InChI is InChI=1S/C19H33N3O3.HI/c1-8-20-18(21-13-17(24-7)19(3,4)5)22-14-10-11-15(23-6)16(12-14)25-9-2;/h10-12,17H,8-9,13H2,1-7H3,(H2,20,21,22);1H. The number of rotatable bonds is 8. The van der Waals surface area contributed by atoms with Gasteiger partial charge in [-0.25, -0.2) is 0 Å². The molecule has 26 heavy (non-hydrogen) atoms. The quantitative estimate of drug-likeness (QED) is 0.333. The van der Waals surface area contributed by atoms with Crippen molar-refractivity contribution in [3.05, 3.63) is 18.2 Å². The van der Waals surface area contributed by atoms with Crippen molar-refractivity contribution in [1.82, 2.24) is 5.32 Å². The lowest BCUT2D eigenvalue weighted by atomic mass is 9.89. The molecule has 1 unspecified atom stereocenters. The van der Waals surface area contributed by atoms with Gasteiger partial charge in [0.25, 0.3) is 0 Å². The number of methoxy groups -OCH3 is 2. The monoisotopic (exact) mass is 479 g/mol. The molecule has 0 amide bonds. The van der Waals surface area contributed by atoms with Crippen LogP contribution in [0.1, 0.15) is 34.6 Å². The van der Waals surface area contributed by atoms with Gasteiger partial charge in [-0.15, -0.1) is 24.0 Å². The molecule has 0 fully saturated rings. The Hall–Kier alpha value is -1.22. The van der Waals surface area contributed by atoms with E-state index in [2.05, 4.69) is 36.4 Å². The molecule has 0 radical (unpaired) electrons. The minimum atomic E-state index is 0. The number of benzene rings is 1. The van der Waals surface area contributed by atoms with E-state index in [9.17, 15) is 0 Å². The Morgan fingerprint density at radius 3 is 2.35 bits per heavy atom. The van der Waals surface area contributed by atoms with Crippen LogP contribution in [-0.4, -0.2) is 46.0 Å². The second kappa shape index (κ2) is 12.2. The van der Waals surface area contributed by atoms with Gasteiger partial charge in [0.15, 0.2) is 17.5 Å². The molecule has 0 spiro atoms. The van der Waals surface area contributed by atoms with Crippen molar-refractivity contribution >= 4 is 35.6 Å². The number of guanidine groups is 1. The third-order valence-corrected chi connectivity index (χ3v) is 3.74. The summed E-state index contributed by atoms with van der Waals surface area (Å²) in [6.07, 6.45) is 0.0396. The Bertz CT molecular complexity index is 559. The van der Waals surface area contributed by atoms with Crippen molar-refractivity contribution < 1.29 is 14.2 Å². The lowest BCUT2D eigenvalue weighted by Crippen LogP contribution is -2.35. The zero-order valence-corrected chi connectivity index (χ0v) is 19.3. The molecule has 2 N–H and O–H groups in total. The normalized spacial score (nSPS) is 12.8. The van der Waals surface area contributed by atoms with Crippen LogP contribution in [0, 0.1) is 5.41 Å². The van der Waals surface area contributed by atoms with Crippen molar-refractivity contribution in [1.29, 1.82) is 0 Å². The maximum absolute atomic E-state index is 5.63. The highest BCUT2D eigenvalue weighted by Crippen LogP contribution is 2.30. The zero-order chi connectivity index (χ0) is 18.9. The van der Waals surface area contributed by atoms with E-state index >= 15 is 0 Å². The van der Waals surface area contributed by atoms with Gasteiger partial charge in [-0.1, -0.05) is 20.8 Å². The van der Waals surface area contributed by atoms with Gasteiger partial charge in [0.05, 0.1) is 26.4 Å². The summed E-state index contributed by atoms with van der Waals surface area (Å²) in [4.78, 5) is 4.66. The highest BCUT2D eigenvalue weighted by Gasteiger charge is 2.24. The van der Waals surface area contributed by atoms with Crippen LogP contribution in [0.5, 0.6) is 11.5 Å². The van der Waals surface area contributed by atoms with Gasteiger partial charge in [0, 0.05) is 25.4 Å². The molecule has 0 saturated carbocycles. The minimum Gasteiger partial charge on any atom is -0.493 e. The van der Waals surface area contributed by atoms with Crippen LogP contribution in [-0.2, 0) is 4.74 Å². The molecule has 1 aromatic carbocycles. The molecule has 150 valence electrons. The number of anilines is 1. The second-order valence-electron chi connectivity index (χ2n) is 6.73. The first-order chi connectivity index (χ1) is 11.8. The first-order valence-electron chi connectivity index (χ1n) is 8.74. The van der Waals surface area contributed by atoms with Crippen LogP contribution in [0.15, 0.2) is 23.2 Å². The molecule has 0 heterocycles. The molecule has 1 rings (SSSR count). The van der Waals surface area contributed by atoms with Crippen LogP contribution in [0.4, 0.5) is 5.69 Å². The Morgan fingerprint density at radius 2 is 1.85 bits per heavy atom. The molecule has 0 aliphatic heterocycles. The Labute approximate surface area is 175 Å². The summed E-state index contributed by atoms with van der Waals surface area (Å²) in [6, 6.07) is 5.72. The van der Waals surface area contributed by atoms with Crippen LogP contribution in [0.3, 0.4) is 0 Å². The summed E-state index contributed by atoms with van der Waals surface area (Å²) < 4.78 is 16.5. The smallest absolute Gasteiger partial charge is 0.195 e. The average molecular weight is 479 g/mol. The third kappa shape index (κ3) is 7.99. The first kappa shape index (κ1) is 24.8. The maximum Gasteiger partial charge on any atom is 0.195 e. The lowest BCUT2D eigenvalue weighted by Gasteiger charge is -2.28. The number of nitrogens with one attached hydrogen (secondary N) is 2. The zero-order valence-electron chi connectivity index (χ0n) is 17.0. The summed E-state index contributed by atoms with van der Waals surface area (Å²) in [5, 5.41) is 6.56. The number of aliphatic imine (C=N–C) groups is 1. The molecule has 0 aliphatic carbocycles. The summed E-state index contributed by atoms with van der Waals surface area (Å²) in [6.45, 7) is 12.3. The topological polar surface area (TPSA) is 64.1 Å². The fourth-order valence-corrected chi connectivity index (χ4v) is 2.34. The summed E-state index contributed by atoms with van der Waals surface area (Å²) in [7, 11) is 3.36. The van der Waals surface area contributed by atoms with Crippen LogP contribution < -0.4 is 20.1 Å². The van der Waals surface area contributed by atoms with E-state index in [1.54, 1.807) is 14.2 Å². The van der Waals surface area contributed by atoms with Crippen molar-refractivity contribution in [3.63, 3.8) is 0 Å². The van der Waals surface area contributed by atoms with E-state index in [4.69, 9.17) is 14.2 Å². The minimum absolute atomic E-state index is 0. The molecule has 1 atom stereocenters. The number of ether oxygens (including phenoxy) is 3. The third-order valence-electron chi connectivity index (χ3n) is 3.74. The Kier molecular flexibility index (Phi) is 11.6. The summed E-state index contributed by atoms with van der Waals surface area (Å²) >= 11 is 0. The molecule has 0 bridgehead atoms. The van der Waals surface area contributed by atoms with E-state index in [0.29, 0.717) is 30.6 Å². The van der Waals surface area contributed by atoms with Gasteiger partial charge in [-0.3, -0.25) is 4.99 Å². The fraction of sp³-hybridized carbons (Fsp3) is 0.632. The Balaban J connectivity index is 0.00000625. The Morgan fingerprint density at radius 1 is 1.15 bits per heavy atom. The van der Waals surface area contributed by atoms with Gasteiger partial charge < -0.3 is 24.8 Å².